The van der Waals surface area contributed by atoms with Crippen LogP contribution in [0.1, 0.15) is 5.82 Å². The Balaban J connectivity index is 1.36. The standard InChI is InChI=1S/C20H17N9O7S2/c21-20-24-15(26-38-20)12(25-36-7-11(30)31)16(32)23-13-17(33)29-14(19(34)35)9(8-37-18(13)29)6-27-4-5-28-10(27)2-1-3-22-28/h1-5,13,18H,6-8H2,(H4-,21,23,24,26,30,31,32,34,35)/p+1/b25-12-/t13-,18-/m1/s1. The van der Waals surface area contributed by atoms with E-state index >= 15 is 0 Å². The number of thioether (sulfide) groups is 1. The predicted molar refractivity (Wildman–Crippen MR) is 130 cm³/mol. The summed E-state index contributed by atoms with van der Waals surface area (Å²) >= 11 is 2.07. The SMILES string of the molecule is Nc1nc(/C(=N/OCC(=O)O)C(=O)N[C@@H]2C(=O)N3C(C(=O)O)=C(C[n+]4ccn5ncccc54)CS[C@H]23)ns1. The van der Waals surface area contributed by atoms with Crippen LogP contribution in [0.4, 0.5) is 5.13 Å². The lowest BCUT2D eigenvalue weighted by molar-refractivity contribution is -0.662. The summed E-state index contributed by atoms with van der Waals surface area (Å²) in [6.45, 7) is -0.606. The van der Waals surface area contributed by atoms with E-state index in [1.807, 2.05) is 10.6 Å². The summed E-state index contributed by atoms with van der Waals surface area (Å²) < 4.78 is 7.35. The van der Waals surface area contributed by atoms with Crippen LogP contribution in [0.25, 0.3) is 5.65 Å². The van der Waals surface area contributed by atoms with Gasteiger partial charge in [0.05, 0.1) is 6.20 Å². The average Bonchev–Trinajstić information content (AvgIpc) is 3.50. The van der Waals surface area contributed by atoms with Gasteiger partial charge in [-0.05, 0) is 6.07 Å². The Kier molecular flexibility index (Phi) is 6.64. The first-order chi connectivity index (χ1) is 18.2. The second-order valence-electron chi connectivity index (χ2n) is 7.93. The number of amides is 2. The average molecular weight is 561 g/mol. The number of imidazole rings is 1. The number of anilines is 1. The predicted octanol–water partition coefficient (Wildman–Crippen LogP) is -1.70. The first-order valence-electron chi connectivity index (χ1n) is 10.8. The van der Waals surface area contributed by atoms with E-state index in [-0.39, 0.29) is 23.2 Å². The van der Waals surface area contributed by atoms with Crippen molar-refractivity contribution < 1.29 is 38.8 Å². The van der Waals surface area contributed by atoms with Crippen LogP contribution < -0.4 is 15.6 Å². The number of β-lactam (4-membered cyclic amide) rings is 1. The summed E-state index contributed by atoms with van der Waals surface area (Å²) in [5, 5.41) is 28.3. The van der Waals surface area contributed by atoms with Crippen LogP contribution in [0.3, 0.4) is 0 Å². The van der Waals surface area contributed by atoms with Gasteiger partial charge < -0.3 is 26.1 Å². The molecule has 0 aliphatic carbocycles. The number of carboxylic acid groups (broad SMARTS) is 2. The number of aromatic nitrogens is 5. The van der Waals surface area contributed by atoms with E-state index < -0.39 is 47.5 Å². The van der Waals surface area contributed by atoms with Crippen LogP contribution in [0.15, 0.2) is 47.1 Å². The van der Waals surface area contributed by atoms with Crippen molar-refractivity contribution in [3.8, 4) is 0 Å². The number of aliphatic carboxylic acids is 2. The van der Waals surface area contributed by atoms with Gasteiger partial charge in [0.15, 0.2) is 11.3 Å². The van der Waals surface area contributed by atoms with Crippen molar-refractivity contribution in [3.63, 3.8) is 0 Å². The molecule has 16 nitrogen and oxygen atoms in total. The van der Waals surface area contributed by atoms with Crippen LogP contribution >= 0.6 is 23.3 Å². The van der Waals surface area contributed by atoms with Crippen LogP contribution in [0.5, 0.6) is 0 Å². The number of nitrogen functional groups attached to an aromatic ring is 1. The summed E-state index contributed by atoms with van der Waals surface area (Å²) in [4.78, 5) is 58.6. The second kappa shape index (κ2) is 10.1. The molecule has 2 amide bonds. The van der Waals surface area contributed by atoms with Gasteiger partial charge in [-0.2, -0.15) is 9.36 Å². The fourth-order valence-corrected chi connectivity index (χ4v) is 5.73. The van der Waals surface area contributed by atoms with Gasteiger partial charge in [0.2, 0.25) is 18.1 Å². The molecule has 3 aromatic heterocycles. The smallest absolute Gasteiger partial charge is 0.352 e. The second-order valence-corrected chi connectivity index (χ2v) is 9.82. The van der Waals surface area contributed by atoms with Crippen LogP contribution in [0.2, 0.25) is 0 Å². The van der Waals surface area contributed by atoms with Crippen molar-refractivity contribution in [2.75, 3.05) is 18.1 Å². The van der Waals surface area contributed by atoms with E-state index in [0.717, 1.165) is 22.1 Å². The quantitative estimate of drug-likeness (QED) is 0.0996. The number of nitrogens with zero attached hydrogens (tertiary/aromatic N) is 7. The topological polar surface area (TPSA) is 219 Å². The highest BCUT2D eigenvalue weighted by molar-refractivity contribution is 8.00. The number of hydrogen-bond acceptors (Lipinski definition) is 12. The zero-order valence-electron chi connectivity index (χ0n) is 19.1. The van der Waals surface area contributed by atoms with Crippen LogP contribution in [0, 0.1) is 0 Å². The minimum Gasteiger partial charge on any atom is -0.479 e. The summed E-state index contributed by atoms with van der Waals surface area (Å²) in [7, 11) is 0. The fourth-order valence-electron chi connectivity index (χ4n) is 3.96. The molecule has 5 heterocycles. The molecule has 38 heavy (non-hydrogen) atoms. The highest BCUT2D eigenvalue weighted by Crippen LogP contribution is 2.40. The van der Waals surface area contributed by atoms with Crippen molar-refractivity contribution in [2.24, 2.45) is 5.16 Å². The maximum atomic E-state index is 13.1. The molecule has 0 saturated carbocycles. The number of fused-ring (bicyclic) bond motifs is 2. The van der Waals surface area contributed by atoms with Crippen molar-refractivity contribution in [2.45, 2.75) is 18.0 Å². The van der Waals surface area contributed by atoms with E-state index in [1.54, 1.807) is 29.2 Å². The van der Waals surface area contributed by atoms with Gasteiger partial charge >= 0.3 is 17.6 Å². The lowest BCUT2D eigenvalue weighted by Gasteiger charge is -2.49. The molecular weight excluding hydrogens is 542 g/mol. The maximum Gasteiger partial charge on any atom is 0.352 e. The lowest BCUT2D eigenvalue weighted by Crippen LogP contribution is -2.71. The summed E-state index contributed by atoms with van der Waals surface area (Å²) in [6.07, 6.45) is 5.13. The molecule has 5 N–H and O–H groups in total. The van der Waals surface area contributed by atoms with Crippen molar-refractivity contribution in [1.82, 2.24) is 29.2 Å². The molecule has 18 heteroatoms. The molecule has 0 bridgehead atoms. The summed E-state index contributed by atoms with van der Waals surface area (Å²) in [5.41, 5.74) is 6.20. The van der Waals surface area contributed by atoms with Gasteiger partial charge in [0, 0.05) is 28.9 Å². The zero-order valence-corrected chi connectivity index (χ0v) is 20.8. The van der Waals surface area contributed by atoms with Crippen molar-refractivity contribution in [3.05, 3.63) is 47.8 Å². The highest BCUT2D eigenvalue weighted by Gasteiger charge is 2.54. The molecule has 3 aromatic rings. The molecule has 2 aliphatic heterocycles. The molecule has 0 aromatic carbocycles. The Morgan fingerprint density at radius 1 is 1.34 bits per heavy atom. The van der Waals surface area contributed by atoms with E-state index in [2.05, 4.69) is 29.8 Å². The molecule has 5 rings (SSSR count). The maximum absolute atomic E-state index is 13.1. The molecule has 1 fully saturated rings. The molecule has 1 saturated heterocycles. The molecule has 2 atom stereocenters. The van der Waals surface area contributed by atoms with E-state index in [1.165, 1.54) is 11.8 Å². The first kappa shape index (κ1) is 25.1. The van der Waals surface area contributed by atoms with E-state index in [4.69, 9.17) is 10.8 Å². The molecule has 0 radical (unpaired) electrons. The Hall–Kier alpha value is -4.58. The first-order valence-corrected chi connectivity index (χ1v) is 12.6. The molecule has 2 aliphatic rings. The molecule has 196 valence electrons. The van der Waals surface area contributed by atoms with E-state index in [0.29, 0.717) is 11.3 Å². The zero-order chi connectivity index (χ0) is 27.0. The monoisotopic (exact) mass is 560 g/mol. The molecule has 0 spiro atoms. The number of hydrogen-bond donors (Lipinski definition) is 4. The largest absolute Gasteiger partial charge is 0.479 e. The van der Waals surface area contributed by atoms with Crippen molar-refractivity contribution in [1.29, 1.82) is 0 Å². The lowest BCUT2D eigenvalue weighted by atomic mass is 10.0. The third-order valence-corrected chi connectivity index (χ3v) is 7.43. The number of carbonyl (C=O) groups excluding carboxylic acids is 2. The Morgan fingerprint density at radius 3 is 2.87 bits per heavy atom. The Bertz CT molecular complexity index is 1530. The number of rotatable bonds is 9. The number of nitrogens with one attached hydrogen (secondary N) is 1. The third kappa shape index (κ3) is 4.61. The number of oxime groups is 1. The summed E-state index contributed by atoms with van der Waals surface area (Å²) in [5.74, 6) is -4.06. The third-order valence-electron chi connectivity index (χ3n) is 5.55. The minimum atomic E-state index is -1.32. The minimum absolute atomic E-state index is 0.0286. The van der Waals surface area contributed by atoms with Crippen LogP contribution in [-0.2, 0) is 30.6 Å². The van der Waals surface area contributed by atoms with Gasteiger partial charge in [-0.1, -0.05) is 10.3 Å². The van der Waals surface area contributed by atoms with Crippen molar-refractivity contribution >= 4 is 63.5 Å². The normalized spacial score (nSPS) is 19.2. The Morgan fingerprint density at radius 2 is 2.16 bits per heavy atom. The Labute approximate surface area is 220 Å². The molecule has 0 unspecified atom stereocenters. The van der Waals surface area contributed by atoms with Gasteiger partial charge in [-0.25, -0.2) is 14.2 Å². The van der Waals surface area contributed by atoms with Gasteiger partial charge in [-0.15, -0.1) is 16.3 Å². The number of carbonyl (C=O) groups is 4. The van der Waals surface area contributed by atoms with Gasteiger partial charge in [0.1, 0.15) is 29.9 Å². The number of carboxylic acids is 2. The van der Waals surface area contributed by atoms with Gasteiger partial charge in [-0.3, -0.25) is 14.5 Å². The van der Waals surface area contributed by atoms with E-state index in [9.17, 15) is 24.3 Å². The summed E-state index contributed by atoms with van der Waals surface area (Å²) in [6, 6.07) is 2.52. The van der Waals surface area contributed by atoms with Crippen LogP contribution in [-0.4, -0.2) is 87.3 Å². The van der Waals surface area contributed by atoms with Gasteiger partial charge in [0.25, 0.3) is 11.8 Å². The number of nitrogens with two attached hydrogens (primary N) is 1. The highest BCUT2D eigenvalue weighted by atomic mass is 32.2. The molecular formula is C20H18N9O7S2+. The fraction of sp³-hybridized carbons (Fsp3) is 0.250.